The first-order valence-electron chi connectivity index (χ1n) is 9.81. The first kappa shape index (κ1) is 19.9. The van der Waals surface area contributed by atoms with Gasteiger partial charge >= 0.3 is 6.09 Å². The lowest BCUT2D eigenvalue weighted by atomic mass is 10.1. The number of halogens is 1. The van der Waals surface area contributed by atoms with Crippen LogP contribution in [0.25, 0.3) is 22.6 Å². The van der Waals surface area contributed by atoms with Gasteiger partial charge in [-0.05, 0) is 27.2 Å². The van der Waals surface area contributed by atoms with Crippen molar-refractivity contribution >= 4 is 23.1 Å². The van der Waals surface area contributed by atoms with E-state index in [2.05, 4.69) is 25.3 Å². The zero-order valence-corrected chi connectivity index (χ0v) is 16.9. The van der Waals surface area contributed by atoms with Crippen LogP contribution in [-0.2, 0) is 6.54 Å². The van der Waals surface area contributed by atoms with Crippen LogP contribution in [0.1, 0.15) is 26.1 Å². The summed E-state index contributed by atoms with van der Waals surface area (Å²) < 4.78 is 16.2. The van der Waals surface area contributed by atoms with Crippen LogP contribution in [0.4, 0.5) is 15.0 Å². The molecule has 11 heteroatoms. The first-order chi connectivity index (χ1) is 14.4. The molecule has 2 N–H and O–H groups in total. The molecule has 1 aliphatic heterocycles. The largest absolute Gasteiger partial charge is 0.465 e. The summed E-state index contributed by atoms with van der Waals surface area (Å²) in [6, 6.07) is -1.22. The van der Waals surface area contributed by atoms with Crippen molar-refractivity contribution in [2.45, 2.75) is 52.0 Å². The minimum Gasteiger partial charge on any atom is -0.465 e. The van der Waals surface area contributed by atoms with E-state index in [0.29, 0.717) is 41.6 Å². The molecule has 3 unspecified atom stereocenters. The molecule has 1 aliphatic rings. The Morgan fingerprint density at radius 2 is 2.07 bits per heavy atom. The number of hydrogen-bond acceptors (Lipinski definition) is 7. The molecule has 4 rings (SSSR count). The van der Waals surface area contributed by atoms with Crippen molar-refractivity contribution in [1.82, 2.24) is 34.4 Å². The summed E-state index contributed by atoms with van der Waals surface area (Å²) in [5.41, 5.74) is 1.91. The number of carbonyl (C=O) groups is 1. The van der Waals surface area contributed by atoms with E-state index in [1.807, 2.05) is 18.4 Å². The molecule has 3 aromatic rings. The zero-order valence-electron chi connectivity index (χ0n) is 16.9. The molecule has 158 valence electrons. The number of rotatable bonds is 5. The van der Waals surface area contributed by atoms with Crippen molar-refractivity contribution < 1.29 is 14.3 Å². The molecule has 1 saturated heterocycles. The van der Waals surface area contributed by atoms with E-state index in [-0.39, 0.29) is 6.54 Å². The van der Waals surface area contributed by atoms with Crippen LogP contribution in [0, 0.1) is 6.92 Å². The fourth-order valence-electron chi connectivity index (χ4n) is 4.01. The maximum atomic E-state index is 14.2. The maximum Gasteiger partial charge on any atom is 0.407 e. The average Bonchev–Trinajstić information content (AvgIpc) is 3.30. The van der Waals surface area contributed by atoms with Gasteiger partial charge in [0.2, 0.25) is 0 Å². The molecule has 1 amide bonds. The van der Waals surface area contributed by atoms with Crippen LogP contribution < -0.4 is 5.32 Å². The summed E-state index contributed by atoms with van der Waals surface area (Å²) in [6.45, 7) is 6.05. The molecule has 3 atom stereocenters. The number of nitrogens with zero attached hydrogens (tertiary/aromatic N) is 7. The lowest BCUT2D eigenvalue weighted by Gasteiger charge is -2.27. The number of imidazole rings is 1. The fraction of sp³-hybridized carbons (Fsp3) is 0.474. The molecule has 0 aromatic carbocycles. The Hall–Kier alpha value is -3.37. The third-order valence-electron chi connectivity index (χ3n) is 5.38. The molecule has 30 heavy (non-hydrogen) atoms. The number of alkyl halides is 1. The van der Waals surface area contributed by atoms with Crippen molar-refractivity contribution in [2.24, 2.45) is 0 Å². The van der Waals surface area contributed by atoms with Gasteiger partial charge < -0.3 is 19.9 Å². The smallest absolute Gasteiger partial charge is 0.407 e. The van der Waals surface area contributed by atoms with E-state index in [4.69, 9.17) is 4.98 Å². The topological polar surface area (TPSA) is 122 Å². The van der Waals surface area contributed by atoms with Crippen LogP contribution in [0.3, 0.4) is 0 Å². The standard InChI is InChI=1S/C19H23FN8O2/c1-4-27-17(12-7-21-11(3)22-8-12)26-14-16(23-9-24-18(14)27)25-13-5-6-28(19(29)30)15(13)10(2)20/h7-10,13,15H,4-6H2,1-3H3,(H,29,30)(H,23,24,25). The highest BCUT2D eigenvalue weighted by atomic mass is 19.1. The highest BCUT2D eigenvalue weighted by Gasteiger charge is 2.41. The van der Waals surface area contributed by atoms with E-state index in [9.17, 15) is 14.3 Å². The Morgan fingerprint density at radius 3 is 2.70 bits per heavy atom. The quantitative estimate of drug-likeness (QED) is 0.653. The Kier molecular flexibility index (Phi) is 5.18. The number of aromatic nitrogens is 6. The number of likely N-dealkylation sites (tertiary alicyclic amines) is 1. The van der Waals surface area contributed by atoms with Crippen molar-refractivity contribution in [2.75, 3.05) is 11.9 Å². The lowest BCUT2D eigenvalue weighted by Crippen LogP contribution is -2.46. The van der Waals surface area contributed by atoms with Gasteiger partial charge in [-0.15, -0.1) is 0 Å². The summed E-state index contributed by atoms with van der Waals surface area (Å²) in [4.78, 5) is 34.5. The molecule has 0 aliphatic carbocycles. The number of nitrogens with one attached hydrogen (secondary N) is 1. The normalized spacial score (nSPS) is 19.9. The van der Waals surface area contributed by atoms with Gasteiger partial charge in [-0.2, -0.15) is 0 Å². The van der Waals surface area contributed by atoms with Crippen LogP contribution >= 0.6 is 0 Å². The van der Waals surface area contributed by atoms with Gasteiger partial charge in [0.1, 0.15) is 24.1 Å². The number of amides is 1. The zero-order chi connectivity index (χ0) is 21.4. The molecular weight excluding hydrogens is 391 g/mol. The Balaban J connectivity index is 1.74. The van der Waals surface area contributed by atoms with Gasteiger partial charge in [0.25, 0.3) is 0 Å². The van der Waals surface area contributed by atoms with Crippen LogP contribution in [0.15, 0.2) is 18.7 Å². The number of hydrogen-bond donors (Lipinski definition) is 2. The number of anilines is 1. The molecule has 0 saturated carbocycles. The van der Waals surface area contributed by atoms with Crippen molar-refractivity contribution in [3.8, 4) is 11.4 Å². The summed E-state index contributed by atoms with van der Waals surface area (Å²) in [6.07, 6.45) is 2.86. The minimum atomic E-state index is -1.33. The highest BCUT2D eigenvalue weighted by Crippen LogP contribution is 2.30. The lowest BCUT2D eigenvalue weighted by molar-refractivity contribution is 0.114. The maximum absolute atomic E-state index is 14.2. The van der Waals surface area contributed by atoms with E-state index < -0.39 is 24.3 Å². The first-order valence-corrected chi connectivity index (χ1v) is 9.81. The third-order valence-corrected chi connectivity index (χ3v) is 5.38. The Morgan fingerprint density at radius 1 is 1.33 bits per heavy atom. The molecule has 0 spiro atoms. The summed E-state index contributed by atoms with van der Waals surface area (Å²) in [7, 11) is 0. The number of carboxylic acid groups (broad SMARTS) is 1. The van der Waals surface area contributed by atoms with Gasteiger partial charge in [0.15, 0.2) is 17.0 Å². The van der Waals surface area contributed by atoms with Crippen LogP contribution in [-0.4, -0.2) is 70.4 Å². The van der Waals surface area contributed by atoms with Crippen molar-refractivity contribution in [1.29, 1.82) is 0 Å². The van der Waals surface area contributed by atoms with E-state index in [0.717, 1.165) is 10.5 Å². The van der Waals surface area contributed by atoms with Crippen LogP contribution in [0.5, 0.6) is 0 Å². The molecule has 3 aromatic heterocycles. The monoisotopic (exact) mass is 414 g/mol. The Bertz CT molecular complexity index is 1070. The molecular formula is C19H23FN8O2. The van der Waals surface area contributed by atoms with E-state index in [1.165, 1.54) is 13.3 Å². The second kappa shape index (κ2) is 7.81. The fourth-order valence-corrected chi connectivity index (χ4v) is 4.01. The Labute approximate surface area is 172 Å². The molecule has 10 nitrogen and oxygen atoms in total. The third kappa shape index (κ3) is 3.40. The van der Waals surface area contributed by atoms with Gasteiger partial charge in [-0.1, -0.05) is 0 Å². The summed E-state index contributed by atoms with van der Waals surface area (Å²) in [5, 5.41) is 12.6. The van der Waals surface area contributed by atoms with Crippen LogP contribution in [0.2, 0.25) is 0 Å². The SMILES string of the molecule is CCn1c(-c2cnc(C)nc2)nc2c(NC3CCN(C(=O)O)C3C(C)F)ncnc21. The molecule has 0 radical (unpaired) electrons. The minimum absolute atomic E-state index is 0.259. The number of aryl methyl sites for hydroxylation is 2. The van der Waals surface area contributed by atoms with Gasteiger partial charge in [-0.25, -0.2) is 34.1 Å². The predicted molar refractivity (Wildman–Crippen MR) is 108 cm³/mol. The summed E-state index contributed by atoms with van der Waals surface area (Å²) in [5.74, 6) is 1.77. The van der Waals surface area contributed by atoms with Gasteiger partial charge in [0, 0.05) is 25.5 Å². The van der Waals surface area contributed by atoms with Crippen molar-refractivity contribution in [3.63, 3.8) is 0 Å². The van der Waals surface area contributed by atoms with E-state index in [1.54, 1.807) is 12.4 Å². The van der Waals surface area contributed by atoms with E-state index >= 15 is 0 Å². The molecule has 0 bridgehead atoms. The summed E-state index contributed by atoms with van der Waals surface area (Å²) >= 11 is 0. The molecule has 4 heterocycles. The number of fused-ring (bicyclic) bond motifs is 1. The molecule has 1 fully saturated rings. The average molecular weight is 414 g/mol. The van der Waals surface area contributed by atoms with Crippen molar-refractivity contribution in [3.05, 3.63) is 24.5 Å². The second-order valence-corrected chi connectivity index (χ2v) is 7.28. The second-order valence-electron chi connectivity index (χ2n) is 7.28. The van der Waals surface area contributed by atoms with Gasteiger partial charge in [0.05, 0.1) is 17.6 Å². The highest BCUT2D eigenvalue weighted by molar-refractivity contribution is 5.86. The van der Waals surface area contributed by atoms with Gasteiger partial charge in [-0.3, -0.25) is 0 Å². The predicted octanol–water partition coefficient (Wildman–Crippen LogP) is 2.50.